The molecule has 3 aromatic rings. The minimum atomic E-state index is -0.724. The molecule has 4 rings (SSSR count). The first-order valence-electron chi connectivity index (χ1n) is 11.4. The number of para-hydroxylation sites is 1. The van der Waals surface area contributed by atoms with Crippen LogP contribution >= 0.6 is 11.3 Å². The van der Waals surface area contributed by atoms with Crippen molar-refractivity contribution >= 4 is 23.4 Å². The van der Waals surface area contributed by atoms with Gasteiger partial charge in [-0.2, -0.15) is 0 Å². The van der Waals surface area contributed by atoms with E-state index >= 15 is 0 Å². The molecule has 2 aromatic carbocycles. The van der Waals surface area contributed by atoms with Crippen LogP contribution in [0.4, 0.5) is 0 Å². The van der Waals surface area contributed by atoms with Crippen molar-refractivity contribution in [3.63, 3.8) is 0 Å². The van der Waals surface area contributed by atoms with Gasteiger partial charge in [-0.1, -0.05) is 41.7 Å². The van der Waals surface area contributed by atoms with Gasteiger partial charge in [0.25, 0.3) is 5.56 Å². The normalized spacial score (nSPS) is 15.6. The number of nitrogens with zero attached hydrogens (tertiary/aromatic N) is 2. The van der Waals surface area contributed by atoms with Crippen LogP contribution in [0.15, 0.2) is 69.6 Å². The molecule has 1 aliphatic rings. The molecule has 0 radical (unpaired) electrons. The third-order valence-electron chi connectivity index (χ3n) is 5.51. The lowest BCUT2D eigenvalue weighted by atomic mass is 9.95. The Bertz CT molecular complexity index is 1450. The molecule has 0 bridgehead atoms. The molecule has 8 heteroatoms. The summed E-state index contributed by atoms with van der Waals surface area (Å²) in [5, 5.41) is 0. The number of methoxy groups -OCH3 is 1. The van der Waals surface area contributed by atoms with E-state index in [4.69, 9.17) is 14.2 Å². The van der Waals surface area contributed by atoms with Crippen LogP contribution in [0.1, 0.15) is 44.9 Å². The topological polar surface area (TPSA) is 79.1 Å². The van der Waals surface area contributed by atoms with Gasteiger partial charge in [0.2, 0.25) is 0 Å². The van der Waals surface area contributed by atoms with Crippen LogP contribution in [0.3, 0.4) is 0 Å². The van der Waals surface area contributed by atoms with E-state index in [-0.39, 0.29) is 18.3 Å². The van der Waals surface area contributed by atoms with Crippen molar-refractivity contribution in [3.05, 3.63) is 90.6 Å². The molecule has 182 valence electrons. The average molecular weight is 493 g/mol. The van der Waals surface area contributed by atoms with Crippen molar-refractivity contribution in [2.75, 3.05) is 13.7 Å². The zero-order valence-electron chi connectivity index (χ0n) is 20.4. The fraction of sp³-hybridized carbons (Fsp3) is 0.296. The summed E-state index contributed by atoms with van der Waals surface area (Å²) in [6, 6.07) is 14.2. The summed E-state index contributed by atoms with van der Waals surface area (Å²) in [4.78, 5) is 32.0. The zero-order valence-corrected chi connectivity index (χ0v) is 21.2. The Labute approximate surface area is 207 Å². The van der Waals surface area contributed by atoms with E-state index in [1.165, 1.54) is 11.3 Å². The highest BCUT2D eigenvalue weighted by molar-refractivity contribution is 7.07. The molecule has 1 aliphatic heterocycles. The number of thiazole rings is 1. The second-order valence-corrected chi connectivity index (χ2v) is 9.29. The maximum absolute atomic E-state index is 13.7. The standard InChI is InChI=1S/C27H28N2O5S/c1-6-33-26(31)23-17(4)28-27-29(24(23)20-9-7-8-10-21(20)34-16(2)3)25(30)22(35-27)15-18-11-13-19(32-5)14-12-18/h7-16,24H,6H2,1-5H3/b22-15-/t24-/m1/s1. The molecule has 2 heterocycles. The maximum Gasteiger partial charge on any atom is 0.338 e. The summed E-state index contributed by atoms with van der Waals surface area (Å²) in [5.41, 5.74) is 2.18. The maximum atomic E-state index is 13.7. The lowest BCUT2D eigenvalue weighted by Crippen LogP contribution is -2.40. The SMILES string of the molecule is CCOC(=O)C1=C(C)N=c2s/c(=C\c3ccc(OC)cc3)c(=O)n2[C@@H]1c1ccccc1OC(C)C. The Kier molecular flexibility index (Phi) is 7.21. The Morgan fingerprint density at radius 2 is 1.89 bits per heavy atom. The molecule has 1 atom stereocenters. The Morgan fingerprint density at radius 3 is 2.54 bits per heavy atom. The van der Waals surface area contributed by atoms with Crippen LogP contribution in [0.2, 0.25) is 0 Å². The molecule has 0 amide bonds. The predicted octanol–water partition coefficient (Wildman–Crippen LogP) is 3.59. The number of esters is 1. The Hall–Kier alpha value is -3.65. The fourth-order valence-electron chi connectivity index (χ4n) is 4.00. The first-order valence-corrected chi connectivity index (χ1v) is 12.2. The van der Waals surface area contributed by atoms with Gasteiger partial charge in [-0.3, -0.25) is 9.36 Å². The summed E-state index contributed by atoms with van der Waals surface area (Å²) >= 11 is 1.29. The molecule has 0 aliphatic carbocycles. The lowest BCUT2D eigenvalue weighted by molar-refractivity contribution is -0.139. The molecular weight excluding hydrogens is 464 g/mol. The summed E-state index contributed by atoms with van der Waals surface area (Å²) in [6.45, 7) is 7.61. The van der Waals surface area contributed by atoms with Crippen LogP contribution in [0, 0.1) is 0 Å². The number of ether oxygens (including phenoxy) is 3. The third kappa shape index (κ3) is 4.93. The second kappa shape index (κ2) is 10.3. The summed E-state index contributed by atoms with van der Waals surface area (Å²) in [5.74, 6) is 0.844. The van der Waals surface area contributed by atoms with Gasteiger partial charge < -0.3 is 14.2 Å². The van der Waals surface area contributed by atoms with Gasteiger partial charge >= 0.3 is 5.97 Å². The summed E-state index contributed by atoms with van der Waals surface area (Å²) in [7, 11) is 1.61. The van der Waals surface area contributed by atoms with Crippen molar-refractivity contribution in [1.29, 1.82) is 0 Å². The van der Waals surface area contributed by atoms with Gasteiger partial charge in [0, 0.05) is 5.56 Å². The average Bonchev–Trinajstić information content (AvgIpc) is 3.13. The van der Waals surface area contributed by atoms with Crippen LogP contribution in [0.25, 0.3) is 6.08 Å². The van der Waals surface area contributed by atoms with Crippen molar-refractivity contribution in [2.24, 2.45) is 4.99 Å². The molecule has 0 unspecified atom stereocenters. The first-order chi connectivity index (χ1) is 16.8. The number of carbonyl (C=O) groups is 1. The van der Waals surface area contributed by atoms with Crippen LogP contribution in [0.5, 0.6) is 11.5 Å². The molecule has 7 nitrogen and oxygen atoms in total. The monoisotopic (exact) mass is 492 g/mol. The van der Waals surface area contributed by atoms with Crippen LogP contribution in [-0.4, -0.2) is 30.4 Å². The van der Waals surface area contributed by atoms with Gasteiger partial charge in [-0.25, -0.2) is 9.79 Å². The Balaban J connectivity index is 1.95. The third-order valence-corrected chi connectivity index (χ3v) is 6.49. The van der Waals surface area contributed by atoms with Gasteiger partial charge in [0.1, 0.15) is 17.5 Å². The van der Waals surface area contributed by atoms with Crippen LogP contribution < -0.4 is 24.4 Å². The minimum absolute atomic E-state index is 0.0850. The fourth-order valence-corrected chi connectivity index (χ4v) is 5.05. The van der Waals surface area contributed by atoms with Crippen molar-refractivity contribution in [1.82, 2.24) is 4.57 Å². The van der Waals surface area contributed by atoms with E-state index in [2.05, 4.69) is 4.99 Å². The lowest BCUT2D eigenvalue weighted by Gasteiger charge is -2.26. The molecule has 1 aromatic heterocycles. The van der Waals surface area contributed by atoms with Gasteiger partial charge in [0.05, 0.1) is 35.6 Å². The van der Waals surface area contributed by atoms with Crippen molar-refractivity contribution in [2.45, 2.75) is 39.8 Å². The molecule has 35 heavy (non-hydrogen) atoms. The minimum Gasteiger partial charge on any atom is -0.497 e. The summed E-state index contributed by atoms with van der Waals surface area (Å²) < 4.78 is 18.7. The van der Waals surface area contributed by atoms with Crippen molar-refractivity contribution in [3.8, 4) is 11.5 Å². The van der Waals surface area contributed by atoms with Gasteiger partial charge in [0.15, 0.2) is 4.80 Å². The Morgan fingerprint density at radius 1 is 1.17 bits per heavy atom. The number of hydrogen-bond donors (Lipinski definition) is 0. The number of rotatable bonds is 7. The van der Waals surface area contributed by atoms with E-state index in [9.17, 15) is 9.59 Å². The highest BCUT2D eigenvalue weighted by Crippen LogP contribution is 2.36. The first kappa shape index (κ1) is 24.5. The second-order valence-electron chi connectivity index (χ2n) is 8.28. The quantitative estimate of drug-likeness (QED) is 0.471. The predicted molar refractivity (Wildman–Crippen MR) is 136 cm³/mol. The van der Waals surface area contributed by atoms with Gasteiger partial charge in [-0.05, 0) is 57.5 Å². The number of carbonyl (C=O) groups excluding carboxylic acids is 1. The van der Waals surface area contributed by atoms with E-state index in [0.29, 0.717) is 31.9 Å². The largest absolute Gasteiger partial charge is 0.497 e. The molecule has 0 N–H and O–H groups in total. The highest BCUT2D eigenvalue weighted by atomic mass is 32.1. The number of hydrogen-bond acceptors (Lipinski definition) is 7. The molecule has 0 fully saturated rings. The number of aromatic nitrogens is 1. The number of benzene rings is 2. The number of allylic oxidation sites excluding steroid dienone is 1. The van der Waals surface area contributed by atoms with Crippen LogP contribution in [-0.2, 0) is 9.53 Å². The molecule has 0 spiro atoms. The molecular formula is C27H28N2O5S. The number of fused-ring (bicyclic) bond motifs is 1. The van der Waals surface area contributed by atoms with Crippen molar-refractivity contribution < 1.29 is 19.0 Å². The van der Waals surface area contributed by atoms with Gasteiger partial charge in [-0.15, -0.1) is 0 Å². The zero-order chi connectivity index (χ0) is 25.1. The highest BCUT2D eigenvalue weighted by Gasteiger charge is 2.35. The van der Waals surface area contributed by atoms with E-state index < -0.39 is 12.0 Å². The molecule has 0 saturated heterocycles. The van der Waals surface area contributed by atoms with E-state index in [0.717, 1.165) is 11.3 Å². The molecule has 0 saturated carbocycles. The van der Waals surface area contributed by atoms with E-state index in [1.54, 1.807) is 25.5 Å². The van der Waals surface area contributed by atoms with E-state index in [1.807, 2.05) is 68.5 Å². The summed E-state index contributed by atoms with van der Waals surface area (Å²) in [6.07, 6.45) is 1.73. The smallest absolute Gasteiger partial charge is 0.338 e.